The average molecular weight is 1150 g/mol. The number of anilines is 3. The van der Waals surface area contributed by atoms with E-state index >= 15 is 0 Å². The van der Waals surface area contributed by atoms with Crippen LogP contribution in [0.5, 0.6) is 0 Å². The first-order chi connectivity index (χ1) is 39.3. The van der Waals surface area contributed by atoms with Gasteiger partial charge in [-0.2, -0.15) is 0 Å². The van der Waals surface area contributed by atoms with Gasteiger partial charge in [0.15, 0.2) is 0 Å². The van der Waals surface area contributed by atoms with Crippen LogP contribution in [0.15, 0.2) is 112 Å². The van der Waals surface area contributed by atoms with Crippen molar-refractivity contribution in [2.75, 3.05) is 99.8 Å². The van der Waals surface area contributed by atoms with E-state index in [9.17, 15) is 32.4 Å². The van der Waals surface area contributed by atoms with E-state index in [2.05, 4.69) is 73.2 Å². The molecule has 3 saturated heterocycles. The summed E-state index contributed by atoms with van der Waals surface area (Å²) in [6, 6.07) is 26.9. The van der Waals surface area contributed by atoms with E-state index < -0.39 is 45.6 Å². The number of unbranched alkanes of at least 4 members (excludes halogenated alkanes) is 1. The number of allylic oxidation sites excluding steroid dienone is 1. The number of carbonyl (C=O) groups excluding carboxylic acids is 5. The molecule has 12 rings (SSSR count). The Balaban J connectivity index is 0.619. The van der Waals surface area contributed by atoms with Crippen LogP contribution in [0, 0.1) is 23.2 Å². The zero-order valence-electron chi connectivity index (χ0n) is 48.2. The third-order valence-electron chi connectivity index (χ3n) is 18.6. The number of piperidine rings is 1. The fourth-order valence-electron chi connectivity index (χ4n) is 14.1. The molecule has 2 bridgehead atoms. The number of benzene rings is 4. The van der Waals surface area contributed by atoms with Crippen LogP contribution in [0.1, 0.15) is 128 Å². The van der Waals surface area contributed by atoms with Crippen molar-refractivity contribution in [3.63, 3.8) is 0 Å². The van der Waals surface area contributed by atoms with E-state index in [0.717, 1.165) is 125 Å². The smallest absolute Gasteiger partial charge is 0.264 e. The predicted octanol–water partition coefficient (Wildman–Crippen LogP) is 8.81. The van der Waals surface area contributed by atoms with Gasteiger partial charge in [0.25, 0.3) is 27.7 Å². The lowest BCUT2D eigenvalue weighted by Gasteiger charge is -2.72. The highest BCUT2D eigenvalue weighted by Crippen LogP contribution is 2.77. The summed E-state index contributed by atoms with van der Waals surface area (Å²) in [5, 5.41) is 9.38. The maximum atomic E-state index is 13.7. The molecule has 436 valence electrons. The summed E-state index contributed by atoms with van der Waals surface area (Å²) in [4.78, 5) is 76.2. The topological polar surface area (TPSA) is 184 Å². The molecule has 4 aliphatic carbocycles. The van der Waals surface area contributed by atoms with Gasteiger partial charge in [-0.1, -0.05) is 50.1 Å². The summed E-state index contributed by atoms with van der Waals surface area (Å²) in [6.07, 6.45) is 10.9. The predicted molar refractivity (Wildman–Crippen MR) is 323 cm³/mol. The number of nitrogens with zero attached hydrogens (tertiary/aromatic N) is 5. The fourth-order valence-corrected chi connectivity index (χ4v) is 16.2. The SMILES string of the molecule is Cc1cc(S(=O)(=O)NC(=O)c2ccc(N3CCN(CC4=C(C56CC(C)(C5)C6)CC(C)(C)CC4)CC3)cc2)ccc1N[C@H](CCN1CCN(CCCCNc2ccc3c(c2)C(=O)N(C2CCC(=O)NC2=O)C3=O)CC1)CSc1ccccc1. The highest BCUT2D eigenvalue weighted by molar-refractivity contribution is 7.99. The Bertz CT molecular complexity index is 3200. The number of imide groups is 2. The molecular weight excluding hydrogens is 1070 g/mol. The Morgan fingerprint density at radius 2 is 1.46 bits per heavy atom. The number of fused-ring (bicyclic) bond motifs is 1. The summed E-state index contributed by atoms with van der Waals surface area (Å²) in [5.41, 5.74) is 9.27. The molecule has 4 heterocycles. The van der Waals surface area contributed by atoms with Gasteiger partial charge in [0.2, 0.25) is 11.8 Å². The lowest BCUT2D eigenvalue weighted by atomic mass is 9.33. The highest BCUT2D eigenvalue weighted by Gasteiger charge is 2.67. The normalized spacial score (nSPS) is 24.4. The number of piperazine rings is 2. The number of rotatable bonds is 22. The number of sulfonamides is 1. The monoisotopic (exact) mass is 1150 g/mol. The Labute approximate surface area is 488 Å². The lowest BCUT2D eigenvalue weighted by Crippen LogP contribution is -2.61. The van der Waals surface area contributed by atoms with E-state index in [1.165, 1.54) is 43.4 Å². The minimum atomic E-state index is -4.15. The summed E-state index contributed by atoms with van der Waals surface area (Å²) >= 11 is 1.80. The van der Waals surface area contributed by atoms with E-state index in [-0.39, 0.29) is 34.9 Å². The first-order valence-electron chi connectivity index (χ1n) is 29.8. The van der Waals surface area contributed by atoms with Gasteiger partial charge in [0.05, 0.1) is 16.0 Å². The molecule has 0 radical (unpaired) electrons. The number of nitrogens with one attached hydrogen (secondary N) is 4. The van der Waals surface area contributed by atoms with Gasteiger partial charge in [-0.05, 0) is 172 Å². The van der Waals surface area contributed by atoms with Crippen molar-refractivity contribution in [3.05, 3.63) is 124 Å². The van der Waals surface area contributed by atoms with Gasteiger partial charge < -0.3 is 25.3 Å². The first-order valence-corrected chi connectivity index (χ1v) is 32.2. The highest BCUT2D eigenvalue weighted by atomic mass is 32.2. The molecule has 16 nitrogen and oxygen atoms in total. The molecule has 4 aliphatic heterocycles. The number of amides is 5. The molecule has 82 heavy (non-hydrogen) atoms. The Morgan fingerprint density at radius 1 is 0.768 bits per heavy atom. The Kier molecular flexibility index (Phi) is 16.8. The second-order valence-corrected chi connectivity index (χ2v) is 28.3. The largest absolute Gasteiger partial charge is 0.385 e. The van der Waals surface area contributed by atoms with Crippen LogP contribution in [-0.4, -0.2) is 154 Å². The minimum absolute atomic E-state index is 0.0400. The molecule has 18 heteroatoms. The molecule has 2 atom stereocenters. The summed E-state index contributed by atoms with van der Waals surface area (Å²) in [5.74, 6) is -1.88. The van der Waals surface area contributed by atoms with Crippen molar-refractivity contribution in [1.29, 1.82) is 0 Å². The van der Waals surface area contributed by atoms with E-state index in [0.29, 0.717) is 28.4 Å². The first kappa shape index (κ1) is 57.8. The van der Waals surface area contributed by atoms with Crippen molar-refractivity contribution < 1.29 is 32.4 Å². The quantitative estimate of drug-likeness (QED) is 0.0253. The van der Waals surface area contributed by atoms with Crippen LogP contribution in [-0.2, 0) is 19.6 Å². The van der Waals surface area contributed by atoms with Crippen LogP contribution >= 0.6 is 11.8 Å². The summed E-state index contributed by atoms with van der Waals surface area (Å²) < 4.78 is 29.8. The van der Waals surface area contributed by atoms with Gasteiger partial charge in [0, 0.05) is 118 Å². The van der Waals surface area contributed by atoms with Crippen molar-refractivity contribution in [2.24, 2.45) is 16.2 Å². The molecule has 6 fully saturated rings. The van der Waals surface area contributed by atoms with Gasteiger partial charge in [-0.15, -0.1) is 11.8 Å². The number of aryl methyl sites for hydroxylation is 1. The van der Waals surface area contributed by atoms with Crippen LogP contribution in [0.25, 0.3) is 0 Å². The van der Waals surface area contributed by atoms with Crippen LogP contribution in [0.4, 0.5) is 17.1 Å². The molecule has 0 spiro atoms. The zero-order chi connectivity index (χ0) is 57.4. The molecule has 3 saturated carbocycles. The van der Waals surface area contributed by atoms with Crippen molar-refractivity contribution in [2.45, 2.75) is 120 Å². The van der Waals surface area contributed by atoms with Gasteiger partial charge in [-0.3, -0.25) is 39.1 Å². The molecule has 4 aromatic rings. The number of carbonyl (C=O) groups is 5. The van der Waals surface area contributed by atoms with E-state index in [1.807, 2.05) is 48.9 Å². The average Bonchev–Trinajstić information content (AvgIpc) is 2.38. The summed E-state index contributed by atoms with van der Waals surface area (Å²) in [7, 11) is -4.15. The van der Waals surface area contributed by atoms with Gasteiger partial charge in [0.1, 0.15) is 6.04 Å². The van der Waals surface area contributed by atoms with Gasteiger partial charge >= 0.3 is 0 Å². The van der Waals surface area contributed by atoms with Crippen molar-refractivity contribution >= 4 is 68.4 Å². The van der Waals surface area contributed by atoms with Crippen LogP contribution in [0.2, 0.25) is 0 Å². The standard InChI is InChI=1S/C64H81N9O7S2/c1-44-36-51(82(79,80)68-58(75)45-12-15-49(16-13-45)72-34-32-71(33-35-72)39-46-22-24-62(2,3)38-54(46)64-41-63(4,42-64)43-64)17-19-55(44)66-48(40-81-50-10-6-5-7-11-50)23-27-70-30-28-69(29-31-70)26-9-8-25-65-47-14-18-52-53(37-47)61(78)73(60(52)77)56-20-21-57(74)67-59(56)76/h5-7,10-19,36-37,48,56,65-66H,8-9,20-35,38-43H2,1-4H3,(H,68,75)(H,67,74,76)/t48-,56?,63?,64?/m1/s1. The fraction of sp³-hybridized carbons (Fsp3) is 0.516. The molecule has 8 aliphatic rings. The Hall–Kier alpha value is -6.05. The maximum absolute atomic E-state index is 13.7. The van der Waals surface area contributed by atoms with E-state index in [4.69, 9.17) is 0 Å². The second kappa shape index (κ2) is 23.9. The van der Waals surface area contributed by atoms with Crippen molar-refractivity contribution in [3.8, 4) is 0 Å². The molecule has 1 unspecified atom stereocenters. The third-order valence-corrected chi connectivity index (χ3v) is 21.1. The molecule has 4 N–H and O–H groups in total. The molecule has 5 amide bonds. The second-order valence-electron chi connectivity index (χ2n) is 25.5. The molecular formula is C64H81N9O7S2. The van der Waals surface area contributed by atoms with Gasteiger partial charge in [-0.25, -0.2) is 13.1 Å². The lowest BCUT2D eigenvalue weighted by molar-refractivity contribution is -0.167. The Morgan fingerprint density at radius 3 is 2.16 bits per heavy atom. The van der Waals surface area contributed by atoms with Crippen LogP contribution in [0.3, 0.4) is 0 Å². The minimum Gasteiger partial charge on any atom is -0.385 e. The third kappa shape index (κ3) is 12.9. The number of thioether (sulfide) groups is 1. The van der Waals surface area contributed by atoms with E-state index in [1.54, 1.807) is 59.8 Å². The number of hydrogen-bond donors (Lipinski definition) is 4. The number of hydrogen-bond acceptors (Lipinski definition) is 14. The zero-order valence-corrected chi connectivity index (χ0v) is 49.8. The van der Waals surface area contributed by atoms with Crippen molar-refractivity contribution in [1.82, 2.24) is 29.6 Å². The molecule has 4 aromatic carbocycles. The maximum Gasteiger partial charge on any atom is 0.264 e. The van der Waals surface area contributed by atoms with Crippen LogP contribution < -0.4 is 25.6 Å². The molecule has 0 aromatic heterocycles. The summed E-state index contributed by atoms with van der Waals surface area (Å²) in [6.45, 7) is 20.6.